The number of anilines is 1. The number of pyridine rings is 1. The van der Waals surface area contributed by atoms with Gasteiger partial charge in [-0.3, -0.25) is 9.78 Å². The molecule has 33 heavy (non-hydrogen) atoms. The van der Waals surface area contributed by atoms with Crippen molar-refractivity contribution in [1.82, 2.24) is 10.3 Å². The lowest BCUT2D eigenvalue weighted by molar-refractivity contribution is -0.111. The van der Waals surface area contributed by atoms with Crippen molar-refractivity contribution >= 4 is 34.4 Å². The number of furan rings is 1. The SMILES string of the molecule is N#Cc1c(NC(=O)/C=C/c2ccco2)sc2c1CCC(COC(=O)NCc1ccccn1)C2. The van der Waals surface area contributed by atoms with Crippen molar-refractivity contribution < 1.29 is 18.7 Å². The number of nitrogens with one attached hydrogen (secondary N) is 2. The summed E-state index contributed by atoms with van der Waals surface area (Å²) in [5.74, 6) is 0.402. The maximum Gasteiger partial charge on any atom is 0.407 e. The van der Waals surface area contributed by atoms with E-state index in [2.05, 4.69) is 21.7 Å². The van der Waals surface area contributed by atoms with Crippen molar-refractivity contribution in [2.75, 3.05) is 11.9 Å². The van der Waals surface area contributed by atoms with Gasteiger partial charge in [-0.15, -0.1) is 11.3 Å². The molecule has 0 saturated carbocycles. The molecule has 0 bridgehead atoms. The van der Waals surface area contributed by atoms with Crippen molar-refractivity contribution in [1.29, 1.82) is 5.26 Å². The number of fused-ring (bicyclic) bond motifs is 1. The molecule has 8 nitrogen and oxygen atoms in total. The van der Waals surface area contributed by atoms with Gasteiger partial charge < -0.3 is 19.8 Å². The summed E-state index contributed by atoms with van der Waals surface area (Å²) in [4.78, 5) is 29.5. The fraction of sp³-hybridized carbons (Fsp3) is 0.250. The smallest absolute Gasteiger partial charge is 0.407 e. The minimum Gasteiger partial charge on any atom is -0.465 e. The van der Waals surface area contributed by atoms with Crippen LogP contribution in [0.4, 0.5) is 9.80 Å². The number of aromatic nitrogens is 1. The average molecular weight is 463 g/mol. The Morgan fingerprint density at radius 3 is 3.00 bits per heavy atom. The van der Waals surface area contributed by atoms with Crippen LogP contribution in [-0.4, -0.2) is 23.6 Å². The van der Waals surface area contributed by atoms with Crippen molar-refractivity contribution in [3.63, 3.8) is 0 Å². The van der Waals surface area contributed by atoms with Gasteiger partial charge >= 0.3 is 6.09 Å². The molecule has 0 spiro atoms. The first-order valence-electron chi connectivity index (χ1n) is 10.5. The number of carbonyl (C=O) groups excluding carboxylic acids is 2. The van der Waals surface area contributed by atoms with E-state index in [9.17, 15) is 14.9 Å². The van der Waals surface area contributed by atoms with Crippen LogP contribution in [0.25, 0.3) is 6.08 Å². The van der Waals surface area contributed by atoms with E-state index in [0.29, 0.717) is 42.3 Å². The Kier molecular flexibility index (Phi) is 7.17. The van der Waals surface area contributed by atoms with Crippen molar-refractivity contribution in [2.24, 2.45) is 5.92 Å². The molecule has 2 amide bonds. The number of ether oxygens (including phenoxy) is 1. The highest BCUT2D eigenvalue weighted by molar-refractivity contribution is 7.16. The summed E-state index contributed by atoms with van der Waals surface area (Å²) in [5, 5.41) is 15.7. The van der Waals surface area contributed by atoms with Crippen LogP contribution in [0.15, 0.2) is 53.3 Å². The van der Waals surface area contributed by atoms with E-state index in [0.717, 1.165) is 22.6 Å². The lowest BCUT2D eigenvalue weighted by Crippen LogP contribution is -2.28. The maximum atomic E-state index is 12.3. The fourth-order valence-electron chi connectivity index (χ4n) is 3.61. The number of hydrogen-bond donors (Lipinski definition) is 2. The summed E-state index contributed by atoms with van der Waals surface area (Å²) in [7, 11) is 0. The third kappa shape index (κ3) is 5.87. The van der Waals surface area contributed by atoms with Gasteiger partial charge in [-0.25, -0.2) is 4.79 Å². The number of carbonyl (C=O) groups is 2. The average Bonchev–Trinajstić information content (AvgIpc) is 3.47. The first kappa shape index (κ1) is 22.3. The van der Waals surface area contributed by atoms with Gasteiger partial charge in [0, 0.05) is 17.2 Å². The Labute approximate surface area is 194 Å². The Morgan fingerprint density at radius 2 is 2.24 bits per heavy atom. The van der Waals surface area contributed by atoms with E-state index in [-0.39, 0.29) is 11.8 Å². The summed E-state index contributed by atoms with van der Waals surface area (Å²) in [5.41, 5.74) is 2.25. The van der Waals surface area contributed by atoms with Crippen molar-refractivity contribution in [3.05, 3.63) is 76.3 Å². The molecule has 3 aromatic heterocycles. The first-order chi connectivity index (χ1) is 16.1. The lowest BCUT2D eigenvalue weighted by Gasteiger charge is -2.21. The van der Waals surface area contributed by atoms with Gasteiger partial charge in [0.2, 0.25) is 5.91 Å². The number of nitriles is 1. The van der Waals surface area contributed by atoms with Gasteiger partial charge in [-0.1, -0.05) is 6.07 Å². The van der Waals surface area contributed by atoms with Crippen LogP contribution < -0.4 is 10.6 Å². The van der Waals surface area contributed by atoms with Crippen LogP contribution in [0.5, 0.6) is 0 Å². The minimum absolute atomic E-state index is 0.158. The summed E-state index contributed by atoms with van der Waals surface area (Å²) in [6, 6.07) is 11.2. The maximum absolute atomic E-state index is 12.3. The Bertz CT molecular complexity index is 1180. The molecule has 9 heteroatoms. The predicted molar refractivity (Wildman–Crippen MR) is 123 cm³/mol. The van der Waals surface area contributed by atoms with E-state index in [4.69, 9.17) is 9.15 Å². The van der Waals surface area contributed by atoms with E-state index in [1.54, 1.807) is 24.4 Å². The molecule has 0 radical (unpaired) electrons. The molecule has 4 rings (SSSR count). The molecular formula is C24H22N4O4S. The first-order valence-corrected chi connectivity index (χ1v) is 11.3. The zero-order chi connectivity index (χ0) is 23.0. The monoisotopic (exact) mass is 462 g/mol. The summed E-state index contributed by atoms with van der Waals surface area (Å²) in [6.07, 6.45) is 7.87. The van der Waals surface area contributed by atoms with Crippen LogP contribution in [0.1, 0.15) is 33.9 Å². The van der Waals surface area contributed by atoms with Gasteiger partial charge in [0.1, 0.15) is 16.8 Å². The van der Waals surface area contributed by atoms with Crippen LogP contribution in [-0.2, 0) is 28.9 Å². The lowest BCUT2D eigenvalue weighted by atomic mass is 9.88. The molecule has 1 aliphatic carbocycles. The standard InChI is InChI=1S/C24H22N4O4S/c25-13-20-19-8-6-16(15-32-24(30)27-14-17-4-1-2-10-26-17)12-21(19)33-23(20)28-22(29)9-7-18-5-3-11-31-18/h1-5,7,9-11,16H,6,8,12,14-15H2,(H,27,30)(H,28,29)/b9-7+. The van der Waals surface area contributed by atoms with E-state index >= 15 is 0 Å². The van der Waals surface area contributed by atoms with Gasteiger partial charge in [0.15, 0.2) is 0 Å². The minimum atomic E-state index is -0.480. The summed E-state index contributed by atoms with van der Waals surface area (Å²) >= 11 is 1.41. The van der Waals surface area contributed by atoms with Crippen molar-refractivity contribution in [3.8, 4) is 6.07 Å². The van der Waals surface area contributed by atoms with Gasteiger partial charge in [-0.05, 0) is 61.1 Å². The molecule has 1 unspecified atom stereocenters. The number of alkyl carbamates (subject to hydrolysis) is 1. The van der Waals surface area contributed by atoms with E-state index in [1.165, 1.54) is 23.7 Å². The second-order valence-electron chi connectivity index (χ2n) is 7.54. The topological polar surface area (TPSA) is 117 Å². The zero-order valence-electron chi connectivity index (χ0n) is 17.7. The second kappa shape index (κ2) is 10.6. The van der Waals surface area contributed by atoms with Gasteiger partial charge in [0.25, 0.3) is 0 Å². The van der Waals surface area contributed by atoms with Gasteiger partial charge in [0.05, 0.1) is 30.7 Å². The molecule has 0 fully saturated rings. The summed E-state index contributed by atoms with van der Waals surface area (Å²) in [6.45, 7) is 0.600. The third-order valence-corrected chi connectivity index (χ3v) is 6.42. The molecule has 3 heterocycles. The Morgan fingerprint density at radius 1 is 1.33 bits per heavy atom. The predicted octanol–water partition coefficient (Wildman–Crippen LogP) is 4.29. The van der Waals surface area contributed by atoms with E-state index < -0.39 is 6.09 Å². The fourth-order valence-corrected chi connectivity index (χ4v) is 4.93. The Hall–Kier alpha value is -3.90. The number of thiophene rings is 1. The number of amides is 2. The van der Waals surface area contributed by atoms with Crippen LogP contribution in [0.3, 0.4) is 0 Å². The van der Waals surface area contributed by atoms with Crippen LogP contribution >= 0.6 is 11.3 Å². The molecule has 168 valence electrons. The Balaban J connectivity index is 1.31. The molecule has 0 aromatic carbocycles. The largest absolute Gasteiger partial charge is 0.465 e. The molecular weight excluding hydrogens is 440 g/mol. The molecule has 1 aliphatic rings. The quantitative estimate of drug-likeness (QED) is 0.506. The normalized spacial score (nSPS) is 14.9. The molecule has 3 aromatic rings. The number of nitrogens with zero attached hydrogens (tertiary/aromatic N) is 2. The molecule has 0 aliphatic heterocycles. The van der Waals surface area contributed by atoms with Crippen molar-refractivity contribution in [2.45, 2.75) is 25.8 Å². The highest BCUT2D eigenvalue weighted by atomic mass is 32.1. The third-order valence-electron chi connectivity index (χ3n) is 5.25. The van der Waals surface area contributed by atoms with E-state index in [1.807, 2.05) is 18.2 Å². The van der Waals surface area contributed by atoms with Gasteiger partial charge in [-0.2, -0.15) is 5.26 Å². The molecule has 0 saturated heterocycles. The molecule has 1 atom stereocenters. The number of hydrogen-bond acceptors (Lipinski definition) is 7. The zero-order valence-corrected chi connectivity index (χ0v) is 18.6. The molecule has 2 N–H and O–H groups in total. The highest BCUT2D eigenvalue weighted by Gasteiger charge is 2.27. The van der Waals surface area contributed by atoms with Crippen LogP contribution in [0, 0.1) is 17.2 Å². The van der Waals surface area contributed by atoms with Crippen LogP contribution in [0.2, 0.25) is 0 Å². The highest BCUT2D eigenvalue weighted by Crippen LogP contribution is 2.39. The second-order valence-corrected chi connectivity index (χ2v) is 8.64. The summed E-state index contributed by atoms with van der Waals surface area (Å²) < 4.78 is 10.6. The number of rotatable bonds is 7.